The van der Waals surface area contributed by atoms with Crippen molar-refractivity contribution in [2.24, 2.45) is 5.84 Å². The number of aryl methyl sites for hydroxylation is 2. The lowest BCUT2D eigenvalue weighted by Gasteiger charge is -2.10. The molecule has 4 rings (SSSR count). The fourth-order valence-electron chi connectivity index (χ4n) is 3.18. The van der Waals surface area contributed by atoms with Gasteiger partial charge in [-0.2, -0.15) is 0 Å². The average molecular weight is 443 g/mol. The highest BCUT2D eigenvalue weighted by molar-refractivity contribution is 6.35. The van der Waals surface area contributed by atoms with Gasteiger partial charge < -0.3 is 4.57 Å². The van der Waals surface area contributed by atoms with Crippen LogP contribution in [0.4, 0.5) is 0 Å². The van der Waals surface area contributed by atoms with Crippen LogP contribution in [-0.4, -0.2) is 26.6 Å². The van der Waals surface area contributed by atoms with E-state index in [1.807, 2.05) is 49.5 Å². The average Bonchev–Trinajstić information content (AvgIpc) is 3.09. The van der Waals surface area contributed by atoms with Crippen LogP contribution in [0.5, 0.6) is 0 Å². The van der Waals surface area contributed by atoms with Crippen LogP contribution in [0.1, 0.15) is 19.0 Å². The Hall–Kier alpha value is -2.51. The number of rotatable bonds is 4. The maximum Gasteiger partial charge on any atom is 0.142 e. The number of hydrogen-bond donors (Lipinski definition) is 2. The third-order valence-electron chi connectivity index (χ3n) is 4.45. The summed E-state index contributed by atoms with van der Waals surface area (Å²) in [6, 6.07) is 11.6. The molecule has 0 radical (unpaired) electrons. The Bertz CT molecular complexity index is 1140. The van der Waals surface area contributed by atoms with Crippen LogP contribution < -0.4 is 11.3 Å². The first-order valence-corrected chi connectivity index (χ1v) is 10.4. The summed E-state index contributed by atoms with van der Waals surface area (Å²) >= 11 is 13.0. The van der Waals surface area contributed by atoms with Crippen LogP contribution in [0.15, 0.2) is 48.8 Å². The minimum atomic E-state index is 0.569. The topological polar surface area (TPSA) is 81.7 Å². The maximum absolute atomic E-state index is 6.56. The van der Waals surface area contributed by atoms with Crippen LogP contribution >= 0.6 is 23.2 Å². The standard InChI is InChI=1S/C21H18Cl2N4.CH6N2/c1-3-9-27-20-16(22)5-4-6-18(20)26-21(27)15-10-17(23)19(25-12-15)14-8-7-13(2)24-11-14;1-3-2/h4-8,10-12H,3,9H2,1-2H3;3H,2H2,1H3. The van der Waals surface area contributed by atoms with Gasteiger partial charge in [0.25, 0.3) is 0 Å². The van der Waals surface area contributed by atoms with Gasteiger partial charge in [-0.3, -0.25) is 21.2 Å². The van der Waals surface area contributed by atoms with Crippen molar-refractivity contribution < 1.29 is 0 Å². The van der Waals surface area contributed by atoms with E-state index in [-0.39, 0.29) is 0 Å². The smallest absolute Gasteiger partial charge is 0.142 e. The number of halogens is 2. The minimum absolute atomic E-state index is 0.569. The largest absolute Gasteiger partial charge is 0.323 e. The molecular formula is C22H24Cl2N6. The van der Waals surface area contributed by atoms with Gasteiger partial charge in [-0.05, 0) is 50.7 Å². The molecule has 0 saturated heterocycles. The van der Waals surface area contributed by atoms with Crippen molar-refractivity contribution in [3.8, 4) is 22.6 Å². The van der Waals surface area contributed by atoms with E-state index < -0.39 is 0 Å². The molecule has 0 fully saturated rings. The van der Waals surface area contributed by atoms with Gasteiger partial charge in [0.15, 0.2) is 0 Å². The molecule has 156 valence electrons. The number of nitrogens with zero attached hydrogens (tertiary/aromatic N) is 4. The first-order valence-electron chi connectivity index (χ1n) is 9.61. The summed E-state index contributed by atoms with van der Waals surface area (Å²) in [5.74, 6) is 5.42. The molecule has 0 bridgehead atoms. The highest BCUT2D eigenvalue weighted by atomic mass is 35.5. The number of hydrazine groups is 1. The van der Waals surface area contributed by atoms with E-state index in [9.17, 15) is 0 Å². The molecule has 0 amide bonds. The van der Waals surface area contributed by atoms with E-state index in [1.54, 1.807) is 13.2 Å². The van der Waals surface area contributed by atoms with E-state index in [0.29, 0.717) is 15.7 Å². The number of aromatic nitrogens is 4. The second-order valence-electron chi connectivity index (χ2n) is 6.73. The fourth-order valence-corrected chi connectivity index (χ4v) is 3.73. The SMILES string of the molecule is CCCn1c(-c2cnc(-c3ccc(C)nc3)c(Cl)c2)nc2cccc(Cl)c21.CNN. The van der Waals surface area contributed by atoms with E-state index in [0.717, 1.165) is 46.6 Å². The highest BCUT2D eigenvalue weighted by Gasteiger charge is 2.16. The Morgan fingerprint density at radius 3 is 2.40 bits per heavy atom. The molecule has 8 heteroatoms. The van der Waals surface area contributed by atoms with Crippen LogP contribution in [0.2, 0.25) is 10.0 Å². The lowest BCUT2D eigenvalue weighted by molar-refractivity contribution is 0.704. The quantitative estimate of drug-likeness (QED) is 0.332. The van der Waals surface area contributed by atoms with Gasteiger partial charge in [-0.15, -0.1) is 0 Å². The van der Waals surface area contributed by atoms with Crippen LogP contribution in [0.3, 0.4) is 0 Å². The van der Waals surface area contributed by atoms with Gasteiger partial charge in [-0.25, -0.2) is 4.98 Å². The summed E-state index contributed by atoms with van der Waals surface area (Å²) < 4.78 is 2.14. The summed E-state index contributed by atoms with van der Waals surface area (Å²) in [4.78, 5) is 13.7. The third-order valence-corrected chi connectivity index (χ3v) is 5.04. The maximum atomic E-state index is 6.56. The number of pyridine rings is 2. The predicted molar refractivity (Wildman–Crippen MR) is 124 cm³/mol. The molecule has 3 heterocycles. The van der Waals surface area contributed by atoms with Gasteiger partial charge in [0.05, 0.1) is 26.8 Å². The van der Waals surface area contributed by atoms with E-state index >= 15 is 0 Å². The number of nitrogens with two attached hydrogens (primary N) is 1. The molecule has 4 aromatic rings. The molecule has 0 aliphatic rings. The molecule has 3 N–H and O–H groups in total. The van der Waals surface area contributed by atoms with Crippen molar-refractivity contribution in [1.82, 2.24) is 24.9 Å². The molecule has 6 nitrogen and oxygen atoms in total. The molecule has 1 aromatic carbocycles. The zero-order valence-electron chi connectivity index (χ0n) is 17.2. The number of hydrogen-bond acceptors (Lipinski definition) is 5. The molecule has 0 saturated carbocycles. The second kappa shape index (κ2) is 10.00. The number of fused-ring (bicyclic) bond motifs is 1. The third kappa shape index (κ3) is 4.63. The first-order chi connectivity index (χ1) is 14.5. The highest BCUT2D eigenvalue weighted by Crippen LogP contribution is 2.33. The summed E-state index contributed by atoms with van der Waals surface area (Å²) in [5.41, 5.74) is 7.49. The van der Waals surface area contributed by atoms with E-state index in [4.69, 9.17) is 28.2 Å². The second-order valence-corrected chi connectivity index (χ2v) is 7.54. The summed E-state index contributed by atoms with van der Waals surface area (Å²) in [7, 11) is 1.65. The molecule has 0 spiro atoms. The van der Waals surface area contributed by atoms with Crippen molar-refractivity contribution in [3.63, 3.8) is 0 Å². The van der Waals surface area contributed by atoms with Gasteiger partial charge in [0.1, 0.15) is 5.82 Å². The number of para-hydroxylation sites is 1. The predicted octanol–water partition coefficient (Wildman–Crippen LogP) is 5.27. The van der Waals surface area contributed by atoms with Crippen molar-refractivity contribution in [2.75, 3.05) is 7.05 Å². The molecular weight excluding hydrogens is 419 g/mol. The van der Waals surface area contributed by atoms with Gasteiger partial charge in [-0.1, -0.05) is 36.2 Å². The molecule has 3 aromatic heterocycles. The van der Waals surface area contributed by atoms with Crippen LogP contribution in [-0.2, 0) is 6.54 Å². The van der Waals surface area contributed by atoms with Crippen molar-refractivity contribution in [1.29, 1.82) is 0 Å². The van der Waals surface area contributed by atoms with Crippen LogP contribution in [0.25, 0.3) is 33.7 Å². The fraction of sp³-hybridized carbons (Fsp3) is 0.227. The van der Waals surface area contributed by atoms with E-state index in [2.05, 4.69) is 32.7 Å². The van der Waals surface area contributed by atoms with Gasteiger partial charge in [0, 0.05) is 35.8 Å². The zero-order valence-corrected chi connectivity index (χ0v) is 18.7. The number of nitrogens with one attached hydrogen (secondary N) is 1. The first kappa shape index (κ1) is 22.2. The molecule has 0 aliphatic carbocycles. The molecule has 0 unspecified atom stereocenters. The normalized spacial score (nSPS) is 10.7. The summed E-state index contributed by atoms with van der Waals surface area (Å²) in [6.07, 6.45) is 4.57. The monoisotopic (exact) mass is 442 g/mol. The van der Waals surface area contributed by atoms with Crippen molar-refractivity contribution in [3.05, 3.63) is 64.5 Å². The Kier molecular flexibility index (Phi) is 7.39. The Labute approximate surface area is 186 Å². The van der Waals surface area contributed by atoms with Crippen molar-refractivity contribution in [2.45, 2.75) is 26.8 Å². The summed E-state index contributed by atoms with van der Waals surface area (Å²) in [5, 5.41) is 1.26. The summed E-state index contributed by atoms with van der Waals surface area (Å²) in [6.45, 7) is 4.90. The molecule has 30 heavy (non-hydrogen) atoms. The van der Waals surface area contributed by atoms with Gasteiger partial charge in [0.2, 0.25) is 0 Å². The number of imidazole rings is 1. The van der Waals surface area contributed by atoms with E-state index in [1.165, 1.54) is 0 Å². The zero-order chi connectivity index (χ0) is 21.7. The minimum Gasteiger partial charge on any atom is -0.323 e. The Morgan fingerprint density at radius 2 is 1.77 bits per heavy atom. The van der Waals surface area contributed by atoms with Crippen LogP contribution in [0, 0.1) is 6.92 Å². The lowest BCUT2D eigenvalue weighted by atomic mass is 10.1. The van der Waals surface area contributed by atoms with Gasteiger partial charge >= 0.3 is 0 Å². The number of benzene rings is 1. The molecule has 0 atom stereocenters. The Balaban J connectivity index is 0.000000806. The Morgan fingerprint density at radius 1 is 1.03 bits per heavy atom. The van der Waals surface area contributed by atoms with Crippen molar-refractivity contribution >= 4 is 34.2 Å². The molecule has 0 aliphatic heterocycles. The lowest BCUT2D eigenvalue weighted by Crippen LogP contribution is -2.13.